The molecule has 0 saturated carbocycles. The first kappa shape index (κ1) is 13.2. The van der Waals surface area contributed by atoms with Crippen LogP contribution in [0.4, 0.5) is 4.39 Å². The fraction of sp³-hybridized carbons (Fsp3) is 0.273. The molecule has 98 valence electrons. The third kappa shape index (κ3) is 2.78. The smallest absolute Gasteiger partial charge is 0.179 e. The van der Waals surface area contributed by atoms with Gasteiger partial charge in [0.15, 0.2) is 19.7 Å². The second kappa shape index (κ2) is 4.47. The topological polar surface area (TPSA) is 68.3 Å². The molecule has 0 amide bonds. The molecule has 1 aromatic rings. The first-order valence-corrected chi connectivity index (χ1v) is 8.60. The molecule has 0 aromatic heterocycles. The molecule has 1 heterocycles. The molecule has 2 rings (SSSR count). The molecule has 0 fully saturated rings. The SMILES string of the molecule is O=S1(=O)CC=CS(=O)(=O)C(c2ccc(F)cc2)C1. The van der Waals surface area contributed by atoms with E-state index >= 15 is 0 Å². The molecule has 4 nitrogen and oxygen atoms in total. The van der Waals surface area contributed by atoms with E-state index in [0.29, 0.717) is 0 Å². The lowest BCUT2D eigenvalue weighted by atomic mass is 10.2. The summed E-state index contributed by atoms with van der Waals surface area (Å²) in [6.45, 7) is 0. The largest absolute Gasteiger partial charge is 0.228 e. The summed E-state index contributed by atoms with van der Waals surface area (Å²) < 4.78 is 59.9. The monoisotopic (exact) mass is 290 g/mol. The van der Waals surface area contributed by atoms with Crippen LogP contribution in [-0.4, -0.2) is 28.3 Å². The van der Waals surface area contributed by atoms with Gasteiger partial charge in [-0.05, 0) is 17.7 Å². The lowest BCUT2D eigenvalue weighted by Gasteiger charge is -2.13. The van der Waals surface area contributed by atoms with E-state index in [0.717, 1.165) is 23.6 Å². The molecule has 0 saturated heterocycles. The highest BCUT2D eigenvalue weighted by atomic mass is 32.2. The molecule has 0 N–H and O–H groups in total. The molecule has 0 aliphatic carbocycles. The van der Waals surface area contributed by atoms with Gasteiger partial charge in [-0.3, -0.25) is 0 Å². The van der Waals surface area contributed by atoms with E-state index in [1.165, 1.54) is 12.1 Å². The van der Waals surface area contributed by atoms with Crippen molar-refractivity contribution in [1.29, 1.82) is 0 Å². The molecule has 1 aromatic carbocycles. The number of hydrogen-bond donors (Lipinski definition) is 0. The Kier molecular flexibility index (Phi) is 3.29. The Balaban J connectivity index is 2.52. The van der Waals surface area contributed by atoms with Gasteiger partial charge in [-0.25, -0.2) is 21.2 Å². The minimum absolute atomic E-state index is 0.284. The van der Waals surface area contributed by atoms with E-state index in [1.54, 1.807) is 0 Å². The number of benzene rings is 1. The zero-order chi connectivity index (χ0) is 13.4. The molecule has 0 bridgehead atoms. The second-order valence-electron chi connectivity index (χ2n) is 4.08. The van der Waals surface area contributed by atoms with Crippen molar-refractivity contribution < 1.29 is 21.2 Å². The summed E-state index contributed by atoms with van der Waals surface area (Å²) >= 11 is 0. The molecular weight excluding hydrogens is 279 g/mol. The van der Waals surface area contributed by atoms with Gasteiger partial charge in [0, 0.05) is 5.41 Å². The van der Waals surface area contributed by atoms with Crippen LogP contribution in [0.2, 0.25) is 0 Å². The first-order chi connectivity index (χ1) is 8.30. The van der Waals surface area contributed by atoms with Gasteiger partial charge in [-0.2, -0.15) is 0 Å². The normalized spacial score (nSPS) is 25.5. The Morgan fingerprint density at radius 2 is 1.67 bits per heavy atom. The molecule has 1 aliphatic rings. The van der Waals surface area contributed by atoms with Crippen molar-refractivity contribution in [2.45, 2.75) is 5.25 Å². The summed E-state index contributed by atoms with van der Waals surface area (Å²) in [6.07, 6.45) is 1.13. The summed E-state index contributed by atoms with van der Waals surface area (Å²) in [5.41, 5.74) is 0.284. The molecule has 1 aliphatic heterocycles. The average Bonchev–Trinajstić information content (AvgIpc) is 2.36. The van der Waals surface area contributed by atoms with Crippen LogP contribution < -0.4 is 0 Å². The average molecular weight is 290 g/mol. The Morgan fingerprint density at radius 1 is 1.06 bits per heavy atom. The summed E-state index contributed by atoms with van der Waals surface area (Å²) in [7, 11) is -7.14. The number of sulfone groups is 2. The zero-order valence-corrected chi connectivity index (χ0v) is 10.9. The van der Waals surface area contributed by atoms with Crippen LogP contribution >= 0.6 is 0 Å². The molecular formula is C11H11FO4S2. The van der Waals surface area contributed by atoms with Gasteiger partial charge in [0.1, 0.15) is 11.1 Å². The van der Waals surface area contributed by atoms with Crippen LogP contribution in [-0.2, 0) is 19.7 Å². The molecule has 0 radical (unpaired) electrons. The van der Waals surface area contributed by atoms with Gasteiger partial charge in [0.05, 0.1) is 11.5 Å². The van der Waals surface area contributed by atoms with Crippen molar-refractivity contribution in [3.8, 4) is 0 Å². The molecule has 18 heavy (non-hydrogen) atoms. The second-order valence-corrected chi connectivity index (χ2v) is 8.25. The first-order valence-electron chi connectivity index (χ1n) is 5.16. The number of hydrogen-bond acceptors (Lipinski definition) is 4. The maximum Gasteiger partial charge on any atom is 0.179 e. The van der Waals surface area contributed by atoms with E-state index in [4.69, 9.17) is 0 Å². The fourth-order valence-corrected chi connectivity index (χ4v) is 5.54. The summed E-state index contributed by atoms with van der Waals surface area (Å²) in [6, 6.07) is 4.83. The Labute approximate surface area is 105 Å². The van der Waals surface area contributed by atoms with Crippen molar-refractivity contribution >= 4 is 19.7 Å². The van der Waals surface area contributed by atoms with Gasteiger partial charge >= 0.3 is 0 Å². The van der Waals surface area contributed by atoms with Gasteiger partial charge in [0.2, 0.25) is 0 Å². The predicted molar refractivity (Wildman–Crippen MR) is 65.9 cm³/mol. The van der Waals surface area contributed by atoms with Crippen LogP contribution in [0.25, 0.3) is 0 Å². The highest BCUT2D eigenvalue weighted by molar-refractivity contribution is 7.97. The molecule has 1 unspecified atom stereocenters. The number of rotatable bonds is 1. The van der Waals surface area contributed by atoms with E-state index in [9.17, 15) is 21.2 Å². The maximum atomic E-state index is 12.8. The van der Waals surface area contributed by atoms with Gasteiger partial charge in [-0.15, -0.1) is 0 Å². The molecule has 0 spiro atoms. The van der Waals surface area contributed by atoms with Crippen LogP contribution in [0.3, 0.4) is 0 Å². The minimum Gasteiger partial charge on any atom is -0.228 e. The van der Waals surface area contributed by atoms with Crippen LogP contribution in [0.1, 0.15) is 10.8 Å². The predicted octanol–water partition coefficient (Wildman–Crippen LogP) is 1.22. The lowest BCUT2D eigenvalue weighted by Crippen LogP contribution is -2.20. The van der Waals surface area contributed by atoms with Crippen molar-refractivity contribution in [1.82, 2.24) is 0 Å². The van der Waals surface area contributed by atoms with Gasteiger partial charge in [-0.1, -0.05) is 18.2 Å². The van der Waals surface area contributed by atoms with Crippen LogP contribution in [0.15, 0.2) is 35.7 Å². The van der Waals surface area contributed by atoms with Gasteiger partial charge in [0.25, 0.3) is 0 Å². The Morgan fingerprint density at radius 3 is 2.28 bits per heavy atom. The van der Waals surface area contributed by atoms with Crippen molar-refractivity contribution in [2.75, 3.05) is 11.5 Å². The Hall–Kier alpha value is -1.21. The third-order valence-corrected chi connectivity index (χ3v) is 6.24. The Bertz CT molecular complexity index is 672. The van der Waals surface area contributed by atoms with Crippen LogP contribution in [0, 0.1) is 5.82 Å². The minimum atomic E-state index is -3.68. The summed E-state index contributed by atoms with van der Waals surface area (Å²) in [4.78, 5) is 0. The fourth-order valence-electron chi connectivity index (χ4n) is 1.77. The van der Waals surface area contributed by atoms with E-state index in [-0.39, 0.29) is 11.3 Å². The quantitative estimate of drug-likeness (QED) is 0.780. The standard InChI is InChI=1S/C11H11FO4S2/c12-10-4-2-9(3-5-10)11-8-17(13,14)6-1-7-18(11,15)16/h1-5,7,11H,6,8H2. The van der Waals surface area contributed by atoms with E-state index < -0.39 is 36.5 Å². The van der Waals surface area contributed by atoms with E-state index in [2.05, 4.69) is 0 Å². The highest BCUT2D eigenvalue weighted by Gasteiger charge is 2.32. The van der Waals surface area contributed by atoms with Crippen molar-refractivity contribution in [3.05, 3.63) is 47.1 Å². The maximum absolute atomic E-state index is 12.8. The van der Waals surface area contributed by atoms with Crippen molar-refractivity contribution in [3.63, 3.8) is 0 Å². The zero-order valence-electron chi connectivity index (χ0n) is 9.28. The summed E-state index contributed by atoms with van der Waals surface area (Å²) in [5, 5.41) is -0.243. The number of halogens is 1. The molecule has 1 atom stereocenters. The van der Waals surface area contributed by atoms with Crippen LogP contribution in [0.5, 0.6) is 0 Å². The van der Waals surface area contributed by atoms with Crippen molar-refractivity contribution in [2.24, 2.45) is 0 Å². The molecule has 7 heteroatoms. The van der Waals surface area contributed by atoms with E-state index in [1.807, 2.05) is 0 Å². The summed E-state index contributed by atoms with van der Waals surface area (Å²) in [5.74, 6) is -1.26. The third-order valence-electron chi connectivity index (χ3n) is 2.68. The highest BCUT2D eigenvalue weighted by Crippen LogP contribution is 2.28. The lowest BCUT2D eigenvalue weighted by molar-refractivity contribution is 0.584. The van der Waals surface area contributed by atoms with Gasteiger partial charge < -0.3 is 0 Å².